The van der Waals surface area contributed by atoms with Crippen molar-refractivity contribution in [3.8, 4) is 0 Å². The van der Waals surface area contributed by atoms with E-state index < -0.39 is 24.0 Å². The number of carbonyl (C=O) groups excluding carboxylic acids is 1. The SMILES string of the molecule is O=C(O)[C@H]1C[C@@H](O)CN1C(=O)c1ccc2n[nH]nc2c1. The van der Waals surface area contributed by atoms with Gasteiger partial charge < -0.3 is 15.1 Å². The summed E-state index contributed by atoms with van der Waals surface area (Å²) in [6.07, 6.45) is -0.761. The van der Waals surface area contributed by atoms with Crippen LogP contribution in [0.3, 0.4) is 0 Å². The number of aliphatic hydroxyl groups is 1. The van der Waals surface area contributed by atoms with Crippen LogP contribution in [0.1, 0.15) is 16.8 Å². The fraction of sp³-hybridized carbons (Fsp3) is 0.333. The molecule has 2 atom stereocenters. The molecule has 2 heterocycles. The lowest BCUT2D eigenvalue weighted by molar-refractivity contribution is -0.141. The molecular weight excluding hydrogens is 264 g/mol. The molecule has 20 heavy (non-hydrogen) atoms. The van der Waals surface area contributed by atoms with Gasteiger partial charge in [-0.25, -0.2) is 4.79 Å². The zero-order chi connectivity index (χ0) is 14.3. The number of β-amino-alcohol motifs (C(OH)–C–C–N with tert-alkyl or cyclic N) is 1. The van der Waals surface area contributed by atoms with Crippen LogP contribution < -0.4 is 0 Å². The highest BCUT2D eigenvalue weighted by Crippen LogP contribution is 2.22. The third-order valence-corrected chi connectivity index (χ3v) is 3.39. The van der Waals surface area contributed by atoms with Gasteiger partial charge in [-0.15, -0.1) is 0 Å². The third kappa shape index (κ3) is 1.99. The number of carboxylic acid groups (broad SMARTS) is 1. The summed E-state index contributed by atoms with van der Waals surface area (Å²) in [5.74, 6) is -1.55. The average molecular weight is 276 g/mol. The maximum Gasteiger partial charge on any atom is 0.326 e. The van der Waals surface area contributed by atoms with Crippen molar-refractivity contribution in [3.05, 3.63) is 23.8 Å². The van der Waals surface area contributed by atoms with Crippen molar-refractivity contribution >= 4 is 22.9 Å². The van der Waals surface area contributed by atoms with Gasteiger partial charge in [-0.05, 0) is 18.2 Å². The van der Waals surface area contributed by atoms with Crippen molar-refractivity contribution in [1.82, 2.24) is 20.3 Å². The second kappa shape index (κ2) is 4.57. The largest absolute Gasteiger partial charge is 0.480 e. The molecule has 1 aromatic heterocycles. The monoisotopic (exact) mass is 276 g/mol. The molecule has 2 aromatic rings. The number of amides is 1. The molecule has 1 saturated heterocycles. The van der Waals surface area contributed by atoms with E-state index in [1.165, 1.54) is 4.90 Å². The molecule has 1 aliphatic rings. The number of rotatable bonds is 2. The van der Waals surface area contributed by atoms with E-state index in [9.17, 15) is 14.7 Å². The first-order valence-corrected chi connectivity index (χ1v) is 6.08. The van der Waals surface area contributed by atoms with E-state index in [-0.39, 0.29) is 13.0 Å². The average Bonchev–Trinajstić information content (AvgIpc) is 3.02. The second-order valence-corrected chi connectivity index (χ2v) is 4.73. The van der Waals surface area contributed by atoms with Gasteiger partial charge in [0.05, 0.1) is 6.10 Å². The molecule has 0 aliphatic carbocycles. The Hall–Kier alpha value is -2.48. The van der Waals surface area contributed by atoms with Gasteiger partial charge in [0.2, 0.25) is 0 Å². The lowest BCUT2D eigenvalue weighted by atomic mass is 10.1. The zero-order valence-electron chi connectivity index (χ0n) is 10.4. The molecule has 1 aromatic carbocycles. The Morgan fingerprint density at radius 3 is 2.80 bits per heavy atom. The van der Waals surface area contributed by atoms with E-state index in [1.807, 2.05) is 0 Å². The molecule has 0 unspecified atom stereocenters. The number of hydrogen-bond acceptors (Lipinski definition) is 5. The number of aromatic amines is 1. The number of carboxylic acids is 1. The molecule has 0 bridgehead atoms. The molecule has 1 aliphatic heterocycles. The minimum Gasteiger partial charge on any atom is -0.480 e. The van der Waals surface area contributed by atoms with Gasteiger partial charge in [-0.1, -0.05) is 0 Å². The van der Waals surface area contributed by atoms with Crippen molar-refractivity contribution in [2.24, 2.45) is 0 Å². The van der Waals surface area contributed by atoms with E-state index >= 15 is 0 Å². The minimum absolute atomic E-state index is 0.0205. The molecule has 0 saturated carbocycles. The summed E-state index contributed by atoms with van der Waals surface area (Å²) >= 11 is 0. The van der Waals surface area contributed by atoms with Crippen molar-refractivity contribution in [3.63, 3.8) is 0 Å². The Balaban J connectivity index is 1.92. The van der Waals surface area contributed by atoms with Crippen LogP contribution in [0.4, 0.5) is 0 Å². The van der Waals surface area contributed by atoms with Crippen molar-refractivity contribution in [2.45, 2.75) is 18.6 Å². The highest BCUT2D eigenvalue weighted by molar-refractivity contribution is 5.99. The lowest BCUT2D eigenvalue weighted by Gasteiger charge is -2.21. The van der Waals surface area contributed by atoms with E-state index in [0.29, 0.717) is 16.6 Å². The quantitative estimate of drug-likeness (QED) is 0.687. The molecule has 1 amide bonds. The number of nitrogens with one attached hydrogen (secondary N) is 1. The normalized spacial score (nSPS) is 22.4. The maximum absolute atomic E-state index is 12.4. The van der Waals surface area contributed by atoms with Gasteiger partial charge in [0.1, 0.15) is 17.1 Å². The molecule has 3 N–H and O–H groups in total. The van der Waals surface area contributed by atoms with Crippen molar-refractivity contribution < 1.29 is 19.8 Å². The summed E-state index contributed by atoms with van der Waals surface area (Å²) in [6.45, 7) is 0.0205. The van der Waals surface area contributed by atoms with E-state index in [4.69, 9.17) is 5.11 Å². The topological polar surface area (TPSA) is 119 Å². The van der Waals surface area contributed by atoms with Crippen molar-refractivity contribution in [1.29, 1.82) is 0 Å². The van der Waals surface area contributed by atoms with Gasteiger partial charge in [-0.3, -0.25) is 4.79 Å². The van der Waals surface area contributed by atoms with Crippen LogP contribution in [-0.2, 0) is 4.79 Å². The highest BCUT2D eigenvalue weighted by atomic mass is 16.4. The summed E-state index contributed by atoms with van der Waals surface area (Å²) in [5, 5.41) is 28.9. The van der Waals surface area contributed by atoms with E-state index in [0.717, 1.165) is 0 Å². The van der Waals surface area contributed by atoms with Crippen LogP contribution >= 0.6 is 0 Å². The fourth-order valence-corrected chi connectivity index (χ4v) is 2.41. The number of hydrogen-bond donors (Lipinski definition) is 3. The number of likely N-dealkylation sites (tertiary alicyclic amines) is 1. The standard InChI is InChI=1S/C12H12N4O4/c17-7-4-10(12(19)20)16(5-7)11(18)6-1-2-8-9(3-6)14-15-13-8/h1-3,7,10,17H,4-5H2,(H,19,20)(H,13,14,15)/t7-,10-/m1/s1. The molecule has 8 heteroatoms. The van der Waals surface area contributed by atoms with Gasteiger partial charge in [-0.2, -0.15) is 15.4 Å². The first-order chi connectivity index (χ1) is 9.56. The number of benzene rings is 1. The predicted octanol–water partition coefficient (Wildman–Crippen LogP) is -0.382. The number of aromatic nitrogens is 3. The van der Waals surface area contributed by atoms with Gasteiger partial charge >= 0.3 is 5.97 Å². The molecule has 104 valence electrons. The first kappa shape index (κ1) is 12.5. The van der Waals surface area contributed by atoms with Gasteiger partial charge in [0.25, 0.3) is 5.91 Å². The fourth-order valence-electron chi connectivity index (χ4n) is 2.41. The number of H-pyrrole nitrogens is 1. The number of aliphatic hydroxyl groups excluding tert-OH is 1. The van der Waals surface area contributed by atoms with Crippen LogP contribution in [0, 0.1) is 0 Å². The van der Waals surface area contributed by atoms with Crippen LogP contribution in [0.25, 0.3) is 11.0 Å². The Labute approximate surface area is 113 Å². The Bertz CT molecular complexity index is 683. The molecule has 8 nitrogen and oxygen atoms in total. The smallest absolute Gasteiger partial charge is 0.326 e. The summed E-state index contributed by atoms with van der Waals surface area (Å²) in [7, 11) is 0. The second-order valence-electron chi connectivity index (χ2n) is 4.73. The number of aliphatic carboxylic acids is 1. The third-order valence-electron chi connectivity index (χ3n) is 3.39. The summed E-state index contributed by atoms with van der Waals surface area (Å²) in [4.78, 5) is 24.7. The number of carbonyl (C=O) groups is 2. The Kier molecular flexibility index (Phi) is 2.87. The van der Waals surface area contributed by atoms with Crippen LogP contribution in [0.5, 0.6) is 0 Å². The van der Waals surface area contributed by atoms with Gasteiger partial charge in [0, 0.05) is 18.5 Å². The maximum atomic E-state index is 12.4. The first-order valence-electron chi connectivity index (χ1n) is 6.08. The zero-order valence-corrected chi connectivity index (χ0v) is 10.4. The van der Waals surface area contributed by atoms with Crippen LogP contribution in [0.2, 0.25) is 0 Å². The van der Waals surface area contributed by atoms with Crippen LogP contribution in [-0.4, -0.2) is 61.1 Å². The summed E-state index contributed by atoms with van der Waals surface area (Å²) < 4.78 is 0. The highest BCUT2D eigenvalue weighted by Gasteiger charge is 2.39. The Morgan fingerprint density at radius 1 is 1.30 bits per heavy atom. The Morgan fingerprint density at radius 2 is 2.05 bits per heavy atom. The predicted molar refractivity (Wildman–Crippen MR) is 67.0 cm³/mol. The summed E-state index contributed by atoms with van der Waals surface area (Å²) in [6, 6.07) is 3.75. The molecule has 0 radical (unpaired) electrons. The molecule has 3 rings (SSSR count). The van der Waals surface area contributed by atoms with Crippen LogP contribution in [0.15, 0.2) is 18.2 Å². The van der Waals surface area contributed by atoms with E-state index in [2.05, 4.69) is 15.4 Å². The number of nitrogens with zero attached hydrogens (tertiary/aromatic N) is 3. The van der Waals surface area contributed by atoms with Gasteiger partial charge in [0.15, 0.2) is 0 Å². The summed E-state index contributed by atoms with van der Waals surface area (Å²) in [5.41, 5.74) is 1.48. The molecular formula is C12H12N4O4. The number of fused-ring (bicyclic) bond motifs is 1. The van der Waals surface area contributed by atoms with E-state index in [1.54, 1.807) is 18.2 Å². The minimum atomic E-state index is -1.11. The molecule has 0 spiro atoms. The lowest BCUT2D eigenvalue weighted by Crippen LogP contribution is -2.40. The molecule has 1 fully saturated rings. The van der Waals surface area contributed by atoms with Crippen molar-refractivity contribution in [2.75, 3.05) is 6.54 Å².